The molecule has 0 aromatic rings. The van der Waals surface area contributed by atoms with Gasteiger partial charge in [0.25, 0.3) is 0 Å². The summed E-state index contributed by atoms with van der Waals surface area (Å²) in [4.78, 5) is 22.3. The molecule has 0 amide bonds. The van der Waals surface area contributed by atoms with Crippen molar-refractivity contribution in [3.8, 4) is 0 Å². The van der Waals surface area contributed by atoms with Crippen LogP contribution in [0.3, 0.4) is 0 Å². The molecule has 2 aliphatic rings. The average Bonchev–Trinajstić information content (AvgIpc) is 2.54. The molecule has 4 nitrogen and oxygen atoms in total. The molecule has 0 unspecified atom stereocenters. The van der Waals surface area contributed by atoms with E-state index in [1.165, 1.54) is 0 Å². The molecule has 2 N–H and O–H groups in total. The van der Waals surface area contributed by atoms with E-state index in [0.717, 1.165) is 0 Å². The smallest absolute Gasteiger partial charge is 0.187 e. The second kappa shape index (κ2) is 12.3. The standard InChI is InChI=1S/2C10H13NO.Co/c2*1-8(2)11-7-9-5-3-4-6-10(9)12;/h2*3-8,11H,1-2H3;. The van der Waals surface area contributed by atoms with Crippen LogP contribution in [0.2, 0.25) is 0 Å². The minimum atomic E-state index is 0. The van der Waals surface area contributed by atoms with E-state index < -0.39 is 0 Å². The van der Waals surface area contributed by atoms with E-state index in [4.69, 9.17) is 0 Å². The van der Waals surface area contributed by atoms with Crippen LogP contribution in [0.4, 0.5) is 0 Å². The molecular weight excluding hydrogens is 359 g/mol. The van der Waals surface area contributed by atoms with Crippen LogP contribution in [0.15, 0.2) is 72.2 Å². The molecule has 0 spiro atoms. The van der Waals surface area contributed by atoms with Crippen molar-refractivity contribution in [2.75, 3.05) is 0 Å². The molecule has 1 radical (unpaired) electrons. The van der Waals surface area contributed by atoms with Crippen LogP contribution in [0.1, 0.15) is 27.7 Å². The normalized spacial score (nSPS) is 18.5. The van der Waals surface area contributed by atoms with Crippen LogP contribution < -0.4 is 10.6 Å². The molecule has 0 aliphatic heterocycles. The van der Waals surface area contributed by atoms with Gasteiger partial charge in [-0.1, -0.05) is 24.3 Å². The zero-order valence-corrected chi connectivity index (χ0v) is 16.1. The first-order valence-electron chi connectivity index (χ1n) is 8.10. The molecule has 2 aliphatic carbocycles. The molecule has 0 aromatic heterocycles. The Morgan fingerprint density at radius 1 is 0.680 bits per heavy atom. The zero-order valence-electron chi connectivity index (χ0n) is 15.1. The molecule has 0 aromatic carbocycles. The summed E-state index contributed by atoms with van der Waals surface area (Å²) in [6.45, 7) is 8.13. The van der Waals surface area contributed by atoms with Gasteiger partial charge in [0.05, 0.1) is 0 Å². The number of ketones is 2. The van der Waals surface area contributed by atoms with Gasteiger partial charge in [-0.2, -0.15) is 0 Å². The Labute approximate surface area is 160 Å². The van der Waals surface area contributed by atoms with Crippen LogP contribution in [0, 0.1) is 0 Å². The number of hydrogen-bond donors (Lipinski definition) is 2. The van der Waals surface area contributed by atoms with Crippen molar-refractivity contribution < 1.29 is 26.4 Å². The SMILES string of the molecule is CC(C)NC=C1C=CC=CC1=O.CC(C)NC=C1C=CC=CC1=O.[Co]. The van der Waals surface area contributed by atoms with Crippen LogP contribution in [0.25, 0.3) is 0 Å². The summed E-state index contributed by atoms with van der Waals surface area (Å²) >= 11 is 0. The Bertz CT molecular complexity index is 580. The molecule has 0 saturated carbocycles. The topological polar surface area (TPSA) is 58.2 Å². The number of nitrogens with one attached hydrogen (secondary N) is 2. The molecule has 0 fully saturated rings. The van der Waals surface area contributed by atoms with Crippen molar-refractivity contribution in [1.82, 2.24) is 10.6 Å². The maximum absolute atomic E-state index is 11.2. The largest absolute Gasteiger partial charge is 0.388 e. The van der Waals surface area contributed by atoms with Gasteiger partial charge in [0, 0.05) is 52.4 Å². The van der Waals surface area contributed by atoms with Crippen LogP contribution >= 0.6 is 0 Å². The number of carbonyl (C=O) groups excluding carboxylic acids is 2. The molecule has 0 saturated heterocycles. The van der Waals surface area contributed by atoms with E-state index in [0.29, 0.717) is 23.2 Å². The fourth-order valence-electron chi connectivity index (χ4n) is 1.71. The van der Waals surface area contributed by atoms with Crippen LogP contribution in [-0.2, 0) is 26.4 Å². The second-order valence-corrected chi connectivity index (χ2v) is 6.01. The second-order valence-electron chi connectivity index (χ2n) is 6.01. The van der Waals surface area contributed by atoms with Crippen molar-refractivity contribution in [2.45, 2.75) is 39.8 Å². The number of hydrogen-bond acceptors (Lipinski definition) is 4. The molecule has 5 heteroatoms. The first-order chi connectivity index (χ1) is 11.4. The average molecular weight is 385 g/mol. The van der Waals surface area contributed by atoms with E-state index in [-0.39, 0.29) is 28.3 Å². The van der Waals surface area contributed by atoms with E-state index in [1.54, 1.807) is 48.9 Å². The van der Waals surface area contributed by atoms with Gasteiger partial charge in [-0.15, -0.1) is 0 Å². The zero-order chi connectivity index (χ0) is 17.9. The molecule has 0 heterocycles. The Balaban J connectivity index is 0.000000443. The van der Waals surface area contributed by atoms with Crippen molar-refractivity contribution in [1.29, 1.82) is 0 Å². The molecule has 0 atom stereocenters. The molecule has 25 heavy (non-hydrogen) atoms. The van der Waals surface area contributed by atoms with E-state index in [2.05, 4.69) is 10.6 Å². The Kier molecular flexibility index (Phi) is 11.2. The molecule has 2 rings (SSSR count). The van der Waals surface area contributed by atoms with Crippen LogP contribution in [-0.4, -0.2) is 23.7 Å². The van der Waals surface area contributed by atoms with Gasteiger partial charge in [-0.05, 0) is 52.0 Å². The summed E-state index contributed by atoms with van der Waals surface area (Å²) in [5.41, 5.74) is 1.43. The minimum absolute atomic E-state index is 0. The van der Waals surface area contributed by atoms with Crippen molar-refractivity contribution in [3.63, 3.8) is 0 Å². The van der Waals surface area contributed by atoms with Gasteiger partial charge in [0.1, 0.15) is 0 Å². The molecule has 0 bridgehead atoms. The summed E-state index contributed by atoms with van der Waals surface area (Å²) in [5, 5.41) is 6.16. The molecule has 137 valence electrons. The quantitative estimate of drug-likeness (QED) is 0.730. The van der Waals surface area contributed by atoms with Gasteiger partial charge in [0.15, 0.2) is 11.6 Å². The third-order valence-corrected chi connectivity index (χ3v) is 2.98. The van der Waals surface area contributed by atoms with Gasteiger partial charge in [-0.3, -0.25) is 9.59 Å². The fourth-order valence-corrected chi connectivity index (χ4v) is 1.71. The summed E-state index contributed by atoms with van der Waals surface area (Å²) < 4.78 is 0. The number of carbonyl (C=O) groups is 2. The Morgan fingerprint density at radius 3 is 1.28 bits per heavy atom. The van der Waals surface area contributed by atoms with Gasteiger partial charge in [0.2, 0.25) is 0 Å². The summed E-state index contributed by atoms with van der Waals surface area (Å²) in [6.07, 6.45) is 17.5. The summed E-state index contributed by atoms with van der Waals surface area (Å²) in [6, 6.07) is 0.731. The first kappa shape index (κ1) is 22.9. The Hall–Kier alpha value is -2.11. The molecular formula is C20H26CoN2O2. The summed E-state index contributed by atoms with van der Waals surface area (Å²) in [5.74, 6) is 0.122. The fraction of sp³-hybridized carbons (Fsp3) is 0.300. The van der Waals surface area contributed by atoms with Crippen molar-refractivity contribution in [2.24, 2.45) is 0 Å². The van der Waals surface area contributed by atoms with Gasteiger partial charge < -0.3 is 10.6 Å². The predicted octanol–water partition coefficient (Wildman–Crippen LogP) is 3.12. The van der Waals surface area contributed by atoms with Crippen molar-refractivity contribution >= 4 is 11.6 Å². The van der Waals surface area contributed by atoms with E-state index in [1.807, 2.05) is 39.8 Å². The Morgan fingerprint density at radius 2 is 1.00 bits per heavy atom. The predicted molar refractivity (Wildman–Crippen MR) is 99.3 cm³/mol. The van der Waals surface area contributed by atoms with E-state index in [9.17, 15) is 9.59 Å². The number of allylic oxidation sites excluding steroid dienone is 10. The van der Waals surface area contributed by atoms with E-state index >= 15 is 0 Å². The van der Waals surface area contributed by atoms with Gasteiger partial charge >= 0.3 is 0 Å². The van der Waals surface area contributed by atoms with Crippen molar-refractivity contribution in [3.05, 3.63) is 72.2 Å². The third kappa shape index (κ3) is 9.69. The van der Waals surface area contributed by atoms with Crippen LogP contribution in [0.5, 0.6) is 0 Å². The van der Waals surface area contributed by atoms with Gasteiger partial charge in [-0.25, -0.2) is 0 Å². The maximum Gasteiger partial charge on any atom is 0.187 e. The minimum Gasteiger partial charge on any atom is -0.388 e. The summed E-state index contributed by atoms with van der Waals surface area (Å²) in [7, 11) is 0. The first-order valence-corrected chi connectivity index (χ1v) is 8.10. The maximum atomic E-state index is 11.2. The number of rotatable bonds is 4. The monoisotopic (exact) mass is 385 g/mol. The third-order valence-electron chi connectivity index (χ3n) is 2.98.